The standard InChI is InChI=1S/C32H33ClN2O4S/c1-31(2,3)40-29-23-16-22(38-19-28-34-24-8-6-7-9-27(24)39-28)14-15-25(23)35(18-20-10-12-21(33)13-11-20)26(29)17-32(4,5)30(36)37/h6-16H,17-19H2,1-5H3,(H,36,37). The number of hydrogen-bond donors (Lipinski definition) is 1. The number of thioether (sulfide) groups is 1. The van der Waals surface area contributed by atoms with Gasteiger partial charge in [0.25, 0.3) is 0 Å². The van der Waals surface area contributed by atoms with Gasteiger partial charge in [-0.15, -0.1) is 11.8 Å². The number of para-hydroxylation sites is 2. The molecule has 0 fully saturated rings. The molecule has 3 aromatic carbocycles. The van der Waals surface area contributed by atoms with Crippen molar-refractivity contribution in [1.29, 1.82) is 0 Å². The predicted octanol–water partition coefficient (Wildman–Crippen LogP) is 8.61. The number of carboxylic acids is 1. The highest BCUT2D eigenvalue weighted by molar-refractivity contribution is 8.00. The highest BCUT2D eigenvalue weighted by atomic mass is 35.5. The van der Waals surface area contributed by atoms with Crippen LogP contribution in [0.25, 0.3) is 22.0 Å². The zero-order valence-corrected chi connectivity index (χ0v) is 24.9. The summed E-state index contributed by atoms with van der Waals surface area (Å²) in [4.78, 5) is 17.8. The molecular formula is C32H33ClN2O4S. The van der Waals surface area contributed by atoms with E-state index in [1.807, 2.05) is 60.7 Å². The average Bonchev–Trinajstić information content (AvgIpc) is 3.42. The van der Waals surface area contributed by atoms with Gasteiger partial charge in [-0.1, -0.05) is 56.6 Å². The van der Waals surface area contributed by atoms with E-state index in [0.717, 1.165) is 38.2 Å². The number of oxazole rings is 1. The number of nitrogens with zero attached hydrogens (tertiary/aromatic N) is 2. The molecule has 208 valence electrons. The Balaban J connectivity index is 1.59. The van der Waals surface area contributed by atoms with Crippen LogP contribution in [0.1, 0.15) is 51.8 Å². The molecule has 6 nitrogen and oxygen atoms in total. The van der Waals surface area contributed by atoms with Gasteiger partial charge >= 0.3 is 5.97 Å². The second kappa shape index (κ2) is 10.9. The Labute approximate surface area is 243 Å². The molecule has 0 unspecified atom stereocenters. The topological polar surface area (TPSA) is 77.5 Å². The lowest BCUT2D eigenvalue weighted by Crippen LogP contribution is -2.28. The number of aromatic nitrogens is 2. The van der Waals surface area contributed by atoms with Crippen molar-refractivity contribution in [2.75, 3.05) is 0 Å². The van der Waals surface area contributed by atoms with Gasteiger partial charge < -0.3 is 18.8 Å². The maximum atomic E-state index is 12.2. The molecule has 0 radical (unpaired) electrons. The summed E-state index contributed by atoms with van der Waals surface area (Å²) in [7, 11) is 0. The van der Waals surface area contributed by atoms with Crippen LogP contribution >= 0.6 is 23.4 Å². The summed E-state index contributed by atoms with van der Waals surface area (Å²) in [5, 5.41) is 11.7. The quantitative estimate of drug-likeness (QED) is 0.177. The first kappa shape index (κ1) is 28.1. The molecule has 1 N–H and O–H groups in total. The SMILES string of the molecule is CC(C)(C)Sc1c(CC(C)(C)C(=O)O)n(Cc2ccc(Cl)cc2)c2ccc(OCc3nc4ccccc4o3)cc12. The maximum Gasteiger partial charge on any atom is 0.309 e. The fourth-order valence-electron chi connectivity index (χ4n) is 4.62. The molecule has 2 heterocycles. The van der Waals surface area contributed by atoms with Crippen molar-refractivity contribution in [2.45, 2.75) is 63.8 Å². The average molecular weight is 577 g/mol. The molecule has 0 bridgehead atoms. The second-order valence-corrected chi connectivity index (χ2v) is 13.9. The van der Waals surface area contributed by atoms with Crippen molar-refractivity contribution in [3.05, 3.63) is 88.9 Å². The smallest absolute Gasteiger partial charge is 0.309 e. The van der Waals surface area contributed by atoms with Crippen molar-refractivity contribution in [3.63, 3.8) is 0 Å². The minimum absolute atomic E-state index is 0.101. The summed E-state index contributed by atoms with van der Waals surface area (Å²) in [5.41, 5.74) is 3.67. The van der Waals surface area contributed by atoms with Gasteiger partial charge in [0, 0.05) is 44.2 Å². The third-order valence-corrected chi connectivity index (χ3v) is 8.17. The number of carbonyl (C=O) groups is 1. The van der Waals surface area contributed by atoms with Gasteiger partial charge in [0.1, 0.15) is 11.3 Å². The molecule has 5 rings (SSSR count). The normalized spacial score (nSPS) is 12.3. The van der Waals surface area contributed by atoms with Crippen LogP contribution in [0.4, 0.5) is 0 Å². The van der Waals surface area contributed by atoms with Gasteiger partial charge in [-0.2, -0.15) is 0 Å². The van der Waals surface area contributed by atoms with E-state index in [9.17, 15) is 9.90 Å². The number of rotatable bonds is 9. The molecule has 2 aromatic heterocycles. The summed E-state index contributed by atoms with van der Waals surface area (Å²) in [6.45, 7) is 10.8. The van der Waals surface area contributed by atoms with Gasteiger partial charge in [-0.3, -0.25) is 4.79 Å². The molecule has 0 atom stereocenters. The van der Waals surface area contributed by atoms with Gasteiger partial charge in [-0.25, -0.2) is 4.98 Å². The first-order chi connectivity index (χ1) is 18.9. The zero-order chi connectivity index (χ0) is 28.7. The molecular weight excluding hydrogens is 544 g/mol. The highest BCUT2D eigenvalue weighted by Gasteiger charge is 2.33. The van der Waals surface area contributed by atoms with Crippen LogP contribution in [-0.4, -0.2) is 25.4 Å². The van der Waals surface area contributed by atoms with Crippen molar-refractivity contribution >= 4 is 51.3 Å². The number of carboxylic acid groups (broad SMARTS) is 1. The number of aliphatic carboxylic acids is 1. The molecule has 0 aliphatic carbocycles. The molecule has 0 amide bonds. The maximum absolute atomic E-state index is 12.2. The number of halogens is 1. The summed E-state index contributed by atoms with van der Waals surface area (Å²) < 4.78 is 14.1. The summed E-state index contributed by atoms with van der Waals surface area (Å²) >= 11 is 7.90. The van der Waals surface area contributed by atoms with Crippen LogP contribution < -0.4 is 4.74 Å². The summed E-state index contributed by atoms with van der Waals surface area (Å²) in [5.74, 6) is 0.373. The highest BCUT2D eigenvalue weighted by Crippen LogP contribution is 2.44. The molecule has 0 saturated carbocycles. The van der Waals surface area contributed by atoms with E-state index in [2.05, 4.69) is 36.4 Å². The van der Waals surface area contributed by atoms with Crippen LogP contribution in [0.15, 0.2) is 76.0 Å². The molecule has 5 aromatic rings. The third kappa shape index (κ3) is 6.16. The van der Waals surface area contributed by atoms with E-state index in [1.165, 1.54) is 0 Å². The van der Waals surface area contributed by atoms with Crippen molar-refractivity contribution in [2.24, 2.45) is 5.41 Å². The van der Waals surface area contributed by atoms with Crippen LogP contribution in [0.3, 0.4) is 0 Å². The molecule has 0 spiro atoms. The Hall–Kier alpha value is -3.42. The number of ether oxygens (including phenoxy) is 1. The number of fused-ring (bicyclic) bond motifs is 2. The van der Waals surface area contributed by atoms with Gasteiger partial charge in [0.05, 0.1) is 5.41 Å². The first-order valence-electron chi connectivity index (χ1n) is 13.2. The first-order valence-corrected chi connectivity index (χ1v) is 14.4. The monoisotopic (exact) mass is 576 g/mol. The summed E-state index contributed by atoms with van der Waals surface area (Å²) in [6, 6.07) is 21.5. The zero-order valence-electron chi connectivity index (χ0n) is 23.3. The number of hydrogen-bond acceptors (Lipinski definition) is 5. The Morgan fingerprint density at radius 3 is 2.45 bits per heavy atom. The van der Waals surface area contributed by atoms with E-state index in [4.69, 9.17) is 20.8 Å². The van der Waals surface area contributed by atoms with Crippen LogP contribution in [0, 0.1) is 5.41 Å². The van der Waals surface area contributed by atoms with Crippen LogP contribution in [0.5, 0.6) is 5.75 Å². The Morgan fingerprint density at radius 1 is 1.05 bits per heavy atom. The molecule has 40 heavy (non-hydrogen) atoms. The summed E-state index contributed by atoms with van der Waals surface area (Å²) in [6.07, 6.45) is 0.377. The van der Waals surface area contributed by atoms with E-state index in [-0.39, 0.29) is 11.4 Å². The Bertz CT molecular complexity index is 1650. The third-order valence-electron chi connectivity index (χ3n) is 6.64. The van der Waals surface area contributed by atoms with Gasteiger partial charge in [0.15, 0.2) is 12.2 Å². The fraction of sp³-hybridized carbons (Fsp3) is 0.312. The van der Waals surface area contributed by atoms with Crippen LogP contribution in [0.2, 0.25) is 5.02 Å². The Kier molecular flexibility index (Phi) is 7.64. The van der Waals surface area contributed by atoms with Crippen LogP contribution in [-0.2, 0) is 24.4 Å². The van der Waals surface area contributed by atoms with Crippen molar-refractivity contribution in [1.82, 2.24) is 9.55 Å². The van der Waals surface area contributed by atoms with Gasteiger partial charge in [0.2, 0.25) is 5.89 Å². The molecule has 0 aliphatic heterocycles. The van der Waals surface area contributed by atoms with E-state index in [1.54, 1.807) is 25.6 Å². The molecule has 0 saturated heterocycles. The van der Waals surface area contributed by atoms with E-state index >= 15 is 0 Å². The number of benzene rings is 3. The second-order valence-electron chi connectivity index (χ2n) is 11.6. The van der Waals surface area contributed by atoms with Crippen molar-refractivity contribution in [3.8, 4) is 5.75 Å². The lowest BCUT2D eigenvalue weighted by Gasteiger charge is -2.24. The van der Waals surface area contributed by atoms with E-state index < -0.39 is 11.4 Å². The van der Waals surface area contributed by atoms with Gasteiger partial charge in [-0.05, 0) is 61.9 Å². The molecule has 0 aliphatic rings. The lowest BCUT2D eigenvalue weighted by atomic mass is 9.88. The molecule has 8 heteroatoms. The minimum atomic E-state index is -0.953. The predicted molar refractivity (Wildman–Crippen MR) is 162 cm³/mol. The Morgan fingerprint density at radius 2 is 1.77 bits per heavy atom. The minimum Gasteiger partial charge on any atom is -0.484 e. The fourth-order valence-corrected chi connectivity index (χ4v) is 5.93. The lowest BCUT2D eigenvalue weighted by molar-refractivity contribution is -0.146. The van der Waals surface area contributed by atoms with Crippen molar-refractivity contribution < 1.29 is 19.1 Å². The largest absolute Gasteiger partial charge is 0.484 e. The van der Waals surface area contributed by atoms with E-state index in [0.29, 0.717) is 29.6 Å².